The Hall–Kier alpha value is -2.16. The van der Waals surface area contributed by atoms with Crippen molar-refractivity contribution in [3.05, 3.63) is 0 Å². The van der Waals surface area contributed by atoms with Gasteiger partial charge in [0.1, 0.15) is 11.7 Å². The van der Waals surface area contributed by atoms with Gasteiger partial charge in [0.2, 0.25) is 23.6 Å². The molecule has 0 aromatic carbocycles. The van der Waals surface area contributed by atoms with Gasteiger partial charge in [0, 0.05) is 25.8 Å². The maximum atomic E-state index is 13.2. The van der Waals surface area contributed by atoms with Crippen molar-refractivity contribution in [1.82, 2.24) is 21.3 Å². The van der Waals surface area contributed by atoms with Crippen LogP contribution >= 0.6 is 0 Å². The molecule has 0 saturated carbocycles. The highest BCUT2D eigenvalue weighted by molar-refractivity contribution is 5.88. The van der Waals surface area contributed by atoms with E-state index < -0.39 is 35.5 Å². The standard InChI is InChI=1S/C27H50N4O5/c1-6-7-16-28-25(35)20(3)17-23(33)27(30-22(5)32)18-19(2)14-12-10-8-9-11-13-15-24(34)29-21(4)26(36)31-27/h19-21,23,33H,6-18H2,1-5H3,(H,28,35)(H,29,34)(H,30,32)(H,31,36)/t19-,20-,21+,23+,27+/m1/s1. The Balaban J connectivity index is 3.18. The topological polar surface area (TPSA) is 137 Å². The van der Waals surface area contributed by atoms with Crippen LogP contribution in [0.5, 0.6) is 0 Å². The van der Waals surface area contributed by atoms with Gasteiger partial charge < -0.3 is 26.4 Å². The van der Waals surface area contributed by atoms with Gasteiger partial charge in [-0.05, 0) is 38.5 Å². The highest BCUT2D eigenvalue weighted by Crippen LogP contribution is 2.27. The van der Waals surface area contributed by atoms with Crippen LogP contribution in [0.4, 0.5) is 0 Å². The van der Waals surface area contributed by atoms with E-state index in [0.29, 0.717) is 19.4 Å². The van der Waals surface area contributed by atoms with Crippen molar-refractivity contribution in [2.24, 2.45) is 11.8 Å². The SMILES string of the molecule is CCCCNC(=O)[C@H](C)C[C@H](O)[C@]1(NC(C)=O)C[C@H](C)CCCCCCCCC(=O)N[C@@H](C)C(=O)N1. The third kappa shape index (κ3) is 11.7. The van der Waals surface area contributed by atoms with Crippen molar-refractivity contribution in [2.75, 3.05) is 6.54 Å². The number of carbonyl (C=O) groups excluding carboxylic acids is 4. The first-order valence-electron chi connectivity index (χ1n) is 13.9. The molecule has 9 nitrogen and oxygen atoms in total. The summed E-state index contributed by atoms with van der Waals surface area (Å²) in [6.45, 7) is 9.32. The smallest absolute Gasteiger partial charge is 0.244 e. The molecule has 1 aliphatic heterocycles. The van der Waals surface area contributed by atoms with E-state index in [2.05, 4.69) is 21.3 Å². The third-order valence-corrected chi connectivity index (χ3v) is 6.96. The quantitative estimate of drug-likeness (QED) is 0.320. The number of carbonyl (C=O) groups is 4. The molecule has 4 amide bonds. The molecule has 0 radical (unpaired) electrons. The Morgan fingerprint density at radius 3 is 2.39 bits per heavy atom. The molecule has 1 aliphatic rings. The van der Waals surface area contributed by atoms with Crippen LogP contribution in [-0.4, -0.2) is 53.1 Å². The molecule has 1 heterocycles. The lowest BCUT2D eigenvalue weighted by Crippen LogP contribution is -2.69. The van der Waals surface area contributed by atoms with E-state index in [4.69, 9.17) is 0 Å². The largest absolute Gasteiger partial charge is 0.389 e. The van der Waals surface area contributed by atoms with Crippen molar-refractivity contribution < 1.29 is 24.3 Å². The number of unbranched alkanes of at least 4 members (excludes halogenated alkanes) is 1. The lowest BCUT2D eigenvalue weighted by atomic mass is 9.84. The van der Waals surface area contributed by atoms with E-state index in [9.17, 15) is 24.3 Å². The Morgan fingerprint density at radius 2 is 1.75 bits per heavy atom. The number of amides is 4. The minimum Gasteiger partial charge on any atom is -0.389 e. The summed E-state index contributed by atoms with van der Waals surface area (Å²) >= 11 is 0. The molecule has 0 bridgehead atoms. The van der Waals surface area contributed by atoms with Gasteiger partial charge in [-0.15, -0.1) is 0 Å². The van der Waals surface area contributed by atoms with Crippen molar-refractivity contribution >= 4 is 23.6 Å². The Morgan fingerprint density at radius 1 is 1.11 bits per heavy atom. The average Bonchev–Trinajstić information content (AvgIpc) is 2.79. The van der Waals surface area contributed by atoms with Crippen molar-refractivity contribution in [1.29, 1.82) is 0 Å². The van der Waals surface area contributed by atoms with Crippen LogP contribution in [0, 0.1) is 11.8 Å². The molecule has 208 valence electrons. The second-order valence-electron chi connectivity index (χ2n) is 10.7. The fourth-order valence-electron chi connectivity index (χ4n) is 4.80. The summed E-state index contributed by atoms with van der Waals surface area (Å²) < 4.78 is 0. The number of hydrogen-bond donors (Lipinski definition) is 5. The molecule has 1 rings (SSSR count). The van der Waals surface area contributed by atoms with Crippen LogP contribution in [0.25, 0.3) is 0 Å². The monoisotopic (exact) mass is 510 g/mol. The van der Waals surface area contributed by atoms with Gasteiger partial charge in [0.25, 0.3) is 0 Å². The van der Waals surface area contributed by atoms with Crippen LogP contribution in [0.2, 0.25) is 0 Å². The first kappa shape index (κ1) is 31.9. The molecule has 0 unspecified atom stereocenters. The minimum absolute atomic E-state index is 0.0615. The lowest BCUT2D eigenvalue weighted by molar-refractivity contribution is -0.135. The molecule has 0 aliphatic carbocycles. The van der Waals surface area contributed by atoms with Crippen LogP contribution in [0.1, 0.15) is 112 Å². The average molecular weight is 511 g/mol. The van der Waals surface area contributed by atoms with Crippen LogP contribution in [-0.2, 0) is 19.2 Å². The molecule has 9 heteroatoms. The Labute approximate surface area is 217 Å². The lowest BCUT2D eigenvalue weighted by Gasteiger charge is -2.42. The van der Waals surface area contributed by atoms with Crippen molar-refractivity contribution in [2.45, 2.75) is 129 Å². The van der Waals surface area contributed by atoms with E-state index >= 15 is 0 Å². The van der Waals surface area contributed by atoms with Crippen molar-refractivity contribution in [3.8, 4) is 0 Å². The maximum Gasteiger partial charge on any atom is 0.244 e. The van der Waals surface area contributed by atoms with Gasteiger partial charge in [0.05, 0.1) is 6.10 Å². The number of aliphatic hydroxyl groups excluding tert-OH is 1. The number of nitrogens with one attached hydrogen (secondary N) is 4. The summed E-state index contributed by atoms with van der Waals surface area (Å²) in [6.07, 6.45) is 8.28. The van der Waals surface area contributed by atoms with E-state index in [1.165, 1.54) is 6.92 Å². The summed E-state index contributed by atoms with van der Waals surface area (Å²) in [7, 11) is 0. The summed E-state index contributed by atoms with van der Waals surface area (Å²) in [4.78, 5) is 50.4. The third-order valence-electron chi connectivity index (χ3n) is 6.96. The Bertz CT molecular complexity index is 716. The van der Waals surface area contributed by atoms with E-state index in [-0.39, 0.29) is 24.2 Å². The van der Waals surface area contributed by atoms with E-state index in [0.717, 1.165) is 57.8 Å². The van der Waals surface area contributed by atoms with Crippen LogP contribution < -0.4 is 21.3 Å². The molecule has 0 aromatic heterocycles. The predicted molar refractivity (Wildman–Crippen MR) is 141 cm³/mol. The van der Waals surface area contributed by atoms with E-state index in [1.807, 2.05) is 13.8 Å². The van der Waals surface area contributed by atoms with Crippen LogP contribution in [0.15, 0.2) is 0 Å². The van der Waals surface area contributed by atoms with Gasteiger partial charge in [0.15, 0.2) is 0 Å². The van der Waals surface area contributed by atoms with Gasteiger partial charge >= 0.3 is 0 Å². The normalized spacial score (nSPS) is 26.7. The summed E-state index contributed by atoms with van der Waals surface area (Å²) in [6, 6.07) is -0.837. The number of rotatable bonds is 8. The Kier molecular flexibility index (Phi) is 14.7. The summed E-state index contributed by atoms with van der Waals surface area (Å²) in [5.41, 5.74) is -1.46. The summed E-state index contributed by atoms with van der Waals surface area (Å²) in [5.74, 6) is -1.68. The molecule has 5 N–H and O–H groups in total. The van der Waals surface area contributed by atoms with Gasteiger partial charge in [-0.2, -0.15) is 0 Å². The molecule has 1 saturated heterocycles. The zero-order chi connectivity index (χ0) is 27.1. The minimum atomic E-state index is -1.46. The zero-order valence-electron chi connectivity index (χ0n) is 23.1. The molecule has 0 spiro atoms. The van der Waals surface area contributed by atoms with Gasteiger partial charge in [-0.25, -0.2) is 0 Å². The molecule has 1 fully saturated rings. The zero-order valence-corrected chi connectivity index (χ0v) is 23.1. The highest BCUT2D eigenvalue weighted by Gasteiger charge is 2.43. The van der Waals surface area contributed by atoms with Gasteiger partial charge in [-0.3, -0.25) is 19.2 Å². The molecular formula is C27H50N4O5. The fourth-order valence-corrected chi connectivity index (χ4v) is 4.80. The number of hydrogen-bond acceptors (Lipinski definition) is 5. The molecular weight excluding hydrogens is 460 g/mol. The van der Waals surface area contributed by atoms with Gasteiger partial charge in [-0.1, -0.05) is 65.7 Å². The van der Waals surface area contributed by atoms with E-state index in [1.54, 1.807) is 13.8 Å². The highest BCUT2D eigenvalue weighted by atomic mass is 16.3. The first-order valence-corrected chi connectivity index (χ1v) is 13.9. The maximum absolute atomic E-state index is 13.2. The fraction of sp³-hybridized carbons (Fsp3) is 0.852. The molecule has 0 aromatic rings. The first-order chi connectivity index (χ1) is 17.0. The predicted octanol–water partition coefficient (Wildman–Crippen LogP) is 2.90. The summed E-state index contributed by atoms with van der Waals surface area (Å²) in [5, 5.41) is 22.7. The second-order valence-corrected chi connectivity index (χ2v) is 10.7. The van der Waals surface area contributed by atoms with Crippen LogP contribution in [0.3, 0.4) is 0 Å². The molecule has 5 atom stereocenters. The second kappa shape index (κ2) is 16.6. The number of aliphatic hydroxyl groups is 1. The molecule has 36 heavy (non-hydrogen) atoms. The van der Waals surface area contributed by atoms with Crippen molar-refractivity contribution in [3.63, 3.8) is 0 Å².